The molecule has 1 nitrogen and oxygen atoms in total. The first-order valence-electron chi connectivity index (χ1n) is 4.44. The first kappa shape index (κ1) is 10.1. The lowest BCUT2D eigenvalue weighted by Crippen LogP contribution is -1.82. The second-order valence-electron chi connectivity index (χ2n) is 3.26. The standard InChI is InChI=1S/C11H11BrOS/c1-7-10(5-12)9-4-8(6-13)2-3-11(9)14-7/h2-4,13H,5-6H2,1H3. The van der Waals surface area contributed by atoms with E-state index in [1.165, 1.54) is 20.5 Å². The van der Waals surface area contributed by atoms with Crippen molar-refractivity contribution in [3.8, 4) is 0 Å². The van der Waals surface area contributed by atoms with E-state index in [0.29, 0.717) is 0 Å². The predicted octanol–water partition coefficient (Wildman–Crippen LogP) is 3.60. The van der Waals surface area contributed by atoms with Crippen molar-refractivity contribution < 1.29 is 5.11 Å². The summed E-state index contributed by atoms with van der Waals surface area (Å²) in [4.78, 5) is 1.35. The minimum atomic E-state index is 0.118. The van der Waals surface area contributed by atoms with Crippen molar-refractivity contribution in [2.24, 2.45) is 0 Å². The minimum Gasteiger partial charge on any atom is -0.392 e. The number of thiophene rings is 1. The number of aliphatic hydroxyl groups is 1. The molecule has 0 fully saturated rings. The molecule has 1 aromatic carbocycles. The summed E-state index contributed by atoms with van der Waals surface area (Å²) in [6.45, 7) is 2.26. The third-order valence-corrected chi connectivity index (χ3v) is 4.06. The van der Waals surface area contributed by atoms with Crippen molar-refractivity contribution in [2.75, 3.05) is 0 Å². The van der Waals surface area contributed by atoms with E-state index in [0.717, 1.165) is 10.9 Å². The van der Waals surface area contributed by atoms with Crippen molar-refractivity contribution in [1.82, 2.24) is 0 Å². The molecule has 0 atom stereocenters. The highest BCUT2D eigenvalue weighted by Crippen LogP contribution is 2.32. The van der Waals surface area contributed by atoms with E-state index in [1.54, 1.807) is 0 Å². The lowest BCUT2D eigenvalue weighted by Gasteiger charge is -1.98. The summed E-state index contributed by atoms with van der Waals surface area (Å²) < 4.78 is 1.30. The minimum absolute atomic E-state index is 0.118. The number of alkyl halides is 1. The number of aliphatic hydroxyl groups excluding tert-OH is 1. The summed E-state index contributed by atoms with van der Waals surface area (Å²) in [7, 11) is 0. The molecule has 0 unspecified atom stereocenters. The summed E-state index contributed by atoms with van der Waals surface area (Å²) in [5, 5.41) is 11.2. The lowest BCUT2D eigenvalue weighted by atomic mass is 10.1. The Morgan fingerprint density at radius 2 is 2.21 bits per heavy atom. The van der Waals surface area contributed by atoms with Crippen LogP contribution in [-0.4, -0.2) is 5.11 Å². The van der Waals surface area contributed by atoms with Crippen LogP contribution in [-0.2, 0) is 11.9 Å². The first-order chi connectivity index (χ1) is 6.76. The highest BCUT2D eigenvalue weighted by Gasteiger charge is 2.07. The van der Waals surface area contributed by atoms with Gasteiger partial charge in [-0.15, -0.1) is 11.3 Å². The maximum atomic E-state index is 9.06. The molecule has 3 heteroatoms. The van der Waals surface area contributed by atoms with E-state index in [4.69, 9.17) is 5.11 Å². The van der Waals surface area contributed by atoms with Gasteiger partial charge in [-0.25, -0.2) is 0 Å². The highest BCUT2D eigenvalue weighted by molar-refractivity contribution is 9.08. The predicted molar refractivity (Wildman–Crippen MR) is 65.1 cm³/mol. The van der Waals surface area contributed by atoms with Crippen LogP contribution in [0.15, 0.2) is 18.2 Å². The summed E-state index contributed by atoms with van der Waals surface area (Å²) in [6.07, 6.45) is 0. The molecule has 0 aliphatic rings. The number of hydrogen-bond acceptors (Lipinski definition) is 2. The zero-order valence-corrected chi connectivity index (χ0v) is 10.3. The monoisotopic (exact) mass is 270 g/mol. The molecule has 14 heavy (non-hydrogen) atoms. The Morgan fingerprint density at radius 1 is 1.43 bits per heavy atom. The van der Waals surface area contributed by atoms with Crippen LogP contribution in [0.3, 0.4) is 0 Å². The van der Waals surface area contributed by atoms with Crippen LogP contribution in [0.4, 0.5) is 0 Å². The molecular formula is C11H11BrOS. The molecule has 0 saturated heterocycles. The van der Waals surface area contributed by atoms with E-state index < -0.39 is 0 Å². The third-order valence-electron chi connectivity index (χ3n) is 2.37. The molecule has 1 N–H and O–H groups in total. The fraction of sp³-hybridized carbons (Fsp3) is 0.273. The van der Waals surface area contributed by atoms with Gasteiger partial charge in [0.15, 0.2) is 0 Å². The van der Waals surface area contributed by atoms with Gasteiger partial charge >= 0.3 is 0 Å². The maximum absolute atomic E-state index is 9.06. The van der Waals surface area contributed by atoms with Crippen LogP contribution in [0.1, 0.15) is 16.0 Å². The molecule has 0 spiro atoms. The van der Waals surface area contributed by atoms with Crippen molar-refractivity contribution in [3.63, 3.8) is 0 Å². The van der Waals surface area contributed by atoms with Gasteiger partial charge in [0.2, 0.25) is 0 Å². The number of fused-ring (bicyclic) bond motifs is 1. The average molecular weight is 271 g/mol. The quantitative estimate of drug-likeness (QED) is 0.827. The molecule has 0 saturated carbocycles. The number of hydrogen-bond donors (Lipinski definition) is 1. The van der Waals surface area contributed by atoms with Gasteiger partial charge in [-0.3, -0.25) is 0 Å². The molecule has 1 aromatic heterocycles. The van der Waals surface area contributed by atoms with Crippen molar-refractivity contribution in [1.29, 1.82) is 0 Å². The number of rotatable bonds is 2. The van der Waals surface area contributed by atoms with Crippen LogP contribution < -0.4 is 0 Å². The summed E-state index contributed by atoms with van der Waals surface area (Å²) in [5.41, 5.74) is 2.33. The SMILES string of the molecule is Cc1sc2ccc(CO)cc2c1CBr. The van der Waals surface area contributed by atoms with Crippen LogP contribution in [0.25, 0.3) is 10.1 Å². The Bertz CT molecular complexity index is 462. The van der Waals surface area contributed by atoms with Gasteiger partial charge in [0, 0.05) is 14.9 Å². The van der Waals surface area contributed by atoms with E-state index >= 15 is 0 Å². The van der Waals surface area contributed by atoms with Gasteiger partial charge in [-0.2, -0.15) is 0 Å². The largest absolute Gasteiger partial charge is 0.392 e. The zero-order valence-electron chi connectivity index (χ0n) is 7.88. The lowest BCUT2D eigenvalue weighted by molar-refractivity contribution is 0.282. The van der Waals surface area contributed by atoms with Gasteiger partial charge in [0.25, 0.3) is 0 Å². The van der Waals surface area contributed by atoms with Crippen LogP contribution >= 0.6 is 27.3 Å². The van der Waals surface area contributed by atoms with E-state index in [2.05, 4.69) is 35.0 Å². The molecular weight excluding hydrogens is 260 g/mol. The van der Waals surface area contributed by atoms with Gasteiger partial charge in [0.1, 0.15) is 0 Å². The topological polar surface area (TPSA) is 20.2 Å². The number of benzene rings is 1. The number of aryl methyl sites for hydroxylation is 1. The van der Waals surface area contributed by atoms with Crippen molar-refractivity contribution >= 4 is 37.4 Å². The smallest absolute Gasteiger partial charge is 0.0682 e. The Kier molecular flexibility index (Phi) is 2.91. The Morgan fingerprint density at radius 3 is 2.86 bits per heavy atom. The molecule has 2 aromatic rings. The third kappa shape index (κ3) is 1.60. The van der Waals surface area contributed by atoms with Gasteiger partial charge in [-0.05, 0) is 35.6 Å². The normalized spacial score (nSPS) is 11.1. The van der Waals surface area contributed by atoms with Crippen LogP contribution in [0, 0.1) is 6.92 Å². The average Bonchev–Trinajstić information content (AvgIpc) is 2.52. The summed E-state index contributed by atoms with van der Waals surface area (Å²) >= 11 is 5.31. The maximum Gasteiger partial charge on any atom is 0.0682 e. The van der Waals surface area contributed by atoms with Crippen molar-refractivity contribution in [3.05, 3.63) is 34.2 Å². The highest BCUT2D eigenvalue weighted by atomic mass is 79.9. The molecule has 0 amide bonds. The number of halogens is 1. The van der Waals surface area contributed by atoms with Crippen LogP contribution in [0.2, 0.25) is 0 Å². The Labute approximate surface area is 95.5 Å². The summed E-state index contributed by atoms with van der Waals surface area (Å²) in [5.74, 6) is 0. The van der Waals surface area contributed by atoms with E-state index in [9.17, 15) is 0 Å². The van der Waals surface area contributed by atoms with Crippen molar-refractivity contribution in [2.45, 2.75) is 18.9 Å². The molecule has 0 radical (unpaired) electrons. The van der Waals surface area contributed by atoms with Gasteiger partial charge in [0.05, 0.1) is 6.61 Å². The second kappa shape index (κ2) is 4.01. The van der Waals surface area contributed by atoms with Gasteiger partial charge < -0.3 is 5.11 Å². The molecule has 1 heterocycles. The molecule has 0 aliphatic heterocycles. The summed E-state index contributed by atoms with van der Waals surface area (Å²) in [6, 6.07) is 6.15. The molecule has 2 rings (SSSR count). The molecule has 0 aliphatic carbocycles. The van der Waals surface area contributed by atoms with Gasteiger partial charge in [-0.1, -0.05) is 22.0 Å². The second-order valence-corrected chi connectivity index (χ2v) is 5.08. The molecule has 74 valence electrons. The Hall–Kier alpha value is -0.380. The Balaban J connectivity index is 2.71. The van der Waals surface area contributed by atoms with E-state index in [1.807, 2.05) is 17.4 Å². The fourth-order valence-electron chi connectivity index (χ4n) is 1.58. The first-order valence-corrected chi connectivity index (χ1v) is 6.37. The van der Waals surface area contributed by atoms with Crippen LogP contribution in [0.5, 0.6) is 0 Å². The fourth-order valence-corrected chi connectivity index (χ4v) is 3.55. The van der Waals surface area contributed by atoms with E-state index in [-0.39, 0.29) is 6.61 Å². The zero-order chi connectivity index (χ0) is 10.1. The molecule has 0 bridgehead atoms.